The third-order valence-electron chi connectivity index (χ3n) is 5.02. The average Bonchev–Trinajstić information content (AvgIpc) is 3.32. The van der Waals surface area contributed by atoms with E-state index in [0.717, 1.165) is 34.6 Å². The first-order valence-corrected chi connectivity index (χ1v) is 9.88. The Labute approximate surface area is 160 Å². The maximum atomic E-state index is 12.7. The third kappa shape index (κ3) is 3.04. The predicted molar refractivity (Wildman–Crippen MR) is 108 cm³/mol. The van der Waals surface area contributed by atoms with Crippen LogP contribution in [0.1, 0.15) is 0 Å². The maximum Gasteiger partial charge on any atom is 0.244 e. The number of nitrogens with zero attached hydrogens (tertiary/aromatic N) is 5. The van der Waals surface area contributed by atoms with Gasteiger partial charge < -0.3 is 9.80 Å². The van der Waals surface area contributed by atoms with Crippen LogP contribution in [0.4, 0.5) is 5.13 Å². The quantitative estimate of drug-likeness (QED) is 0.551. The molecule has 4 aromatic rings. The average molecular weight is 377 g/mol. The summed E-state index contributed by atoms with van der Waals surface area (Å²) in [5, 5.41) is 6.47. The van der Waals surface area contributed by atoms with Gasteiger partial charge in [0.25, 0.3) is 0 Å². The number of amides is 1. The fraction of sp³-hybridized carbons (Fsp3) is 0.250. The second-order valence-corrected chi connectivity index (χ2v) is 7.70. The van der Waals surface area contributed by atoms with Crippen molar-refractivity contribution in [2.75, 3.05) is 31.1 Å². The Kier molecular flexibility index (Phi) is 4.01. The minimum atomic E-state index is 0.118. The lowest BCUT2D eigenvalue weighted by atomic mass is 10.2. The molecule has 5 rings (SSSR count). The molecule has 7 heteroatoms. The largest absolute Gasteiger partial charge is 0.345 e. The van der Waals surface area contributed by atoms with Gasteiger partial charge in [-0.15, -0.1) is 0 Å². The molecule has 1 fully saturated rings. The van der Waals surface area contributed by atoms with Gasteiger partial charge in [0.2, 0.25) is 5.91 Å². The summed E-state index contributed by atoms with van der Waals surface area (Å²) in [6.07, 6.45) is 1.81. The third-order valence-corrected chi connectivity index (χ3v) is 6.12. The Morgan fingerprint density at radius 3 is 2.63 bits per heavy atom. The van der Waals surface area contributed by atoms with Crippen molar-refractivity contribution >= 4 is 43.5 Å². The lowest BCUT2D eigenvalue weighted by Gasteiger charge is -2.34. The molecule has 0 radical (unpaired) electrons. The normalized spacial score (nSPS) is 15.0. The molecular weight excluding hydrogens is 358 g/mol. The number of thiazole rings is 1. The number of benzene rings is 2. The van der Waals surface area contributed by atoms with Gasteiger partial charge in [-0.3, -0.25) is 9.48 Å². The van der Waals surface area contributed by atoms with E-state index in [4.69, 9.17) is 4.98 Å². The van der Waals surface area contributed by atoms with Crippen molar-refractivity contribution in [3.63, 3.8) is 0 Å². The van der Waals surface area contributed by atoms with Crippen molar-refractivity contribution in [1.82, 2.24) is 19.7 Å². The van der Waals surface area contributed by atoms with E-state index in [2.05, 4.69) is 16.1 Å². The van der Waals surface area contributed by atoms with Gasteiger partial charge in [0.15, 0.2) is 5.13 Å². The zero-order chi connectivity index (χ0) is 18.2. The van der Waals surface area contributed by atoms with E-state index in [9.17, 15) is 4.79 Å². The summed E-state index contributed by atoms with van der Waals surface area (Å²) in [4.78, 5) is 21.7. The Morgan fingerprint density at radius 1 is 1.00 bits per heavy atom. The number of hydrogen-bond donors (Lipinski definition) is 0. The number of carbonyl (C=O) groups excluding carboxylic acids is 1. The summed E-state index contributed by atoms with van der Waals surface area (Å²) < 4.78 is 2.99. The van der Waals surface area contributed by atoms with E-state index in [-0.39, 0.29) is 12.5 Å². The van der Waals surface area contributed by atoms with Gasteiger partial charge in [0.1, 0.15) is 6.54 Å². The second kappa shape index (κ2) is 6.66. The van der Waals surface area contributed by atoms with Gasteiger partial charge in [-0.2, -0.15) is 5.10 Å². The number of aromatic nitrogens is 3. The number of hydrogen-bond acceptors (Lipinski definition) is 5. The van der Waals surface area contributed by atoms with Crippen LogP contribution < -0.4 is 4.90 Å². The Bertz CT molecular complexity index is 1080. The van der Waals surface area contributed by atoms with Crippen LogP contribution in [0.3, 0.4) is 0 Å². The van der Waals surface area contributed by atoms with Gasteiger partial charge >= 0.3 is 0 Å². The molecule has 1 saturated heterocycles. The molecule has 136 valence electrons. The van der Waals surface area contributed by atoms with Crippen molar-refractivity contribution in [3.05, 3.63) is 54.7 Å². The molecule has 1 amide bonds. The topological polar surface area (TPSA) is 54.3 Å². The van der Waals surface area contributed by atoms with Crippen molar-refractivity contribution in [2.24, 2.45) is 0 Å². The van der Waals surface area contributed by atoms with Crippen molar-refractivity contribution in [3.8, 4) is 0 Å². The molecule has 0 unspecified atom stereocenters. The Morgan fingerprint density at radius 2 is 1.78 bits per heavy atom. The molecule has 0 atom stereocenters. The highest BCUT2D eigenvalue weighted by molar-refractivity contribution is 7.22. The second-order valence-electron chi connectivity index (χ2n) is 6.69. The first-order valence-electron chi connectivity index (χ1n) is 9.07. The lowest BCUT2D eigenvalue weighted by molar-refractivity contribution is -0.132. The zero-order valence-electron chi connectivity index (χ0n) is 14.8. The van der Waals surface area contributed by atoms with Gasteiger partial charge in [0.05, 0.1) is 21.9 Å². The Balaban J connectivity index is 1.25. The highest BCUT2D eigenvalue weighted by Gasteiger charge is 2.23. The van der Waals surface area contributed by atoms with E-state index in [1.165, 1.54) is 4.70 Å². The monoisotopic (exact) mass is 377 g/mol. The number of anilines is 1. The van der Waals surface area contributed by atoms with E-state index in [1.807, 2.05) is 53.6 Å². The molecule has 3 heterocycles. The van der Waals surface area contributed by atoms with Crippen molar-refractivity contribution in [2.45, 2.75) is 6.54 Å². The molecule has 6 nitrogen and oxygen atoms in total. The minimum absolute atomic E-state index is 0.118. The van der Waals surface area contributed by atoms with Gasteiger partial charge in [-0.05, 0) is 18.2 Å². The fourth-order valence-corrected chi connectivity index (χ4v) is 4.54. The van der Waals surface area contributed by atoms with Crippen LogP contribution >= 0.6 is 11.3 Å². The first-order chi connectivity index (χ1) is 13.3. The molecule has 2 aromatic carbocycles. The summed E-state index contributed by atoms with van der Waals surface area (Å²) in [5.41, 5.74) is 2.04. The molecule has 0 bridgehead atoms. The summed E-state index contributed by atoms with van der Waals surface area (Å²) >= 11 is 1.72. The SMILES string of the molecule is O=C(Cn1ncc2ccccc21)N1CCN(c2nc3ccccc3s2)CC1. The summed E-state index contributed by atoms with van der Waals surface area (Å²) in [6, 6.07) is 16.2. The van der Waals surface area contributed by atoms with Crippen molar-refractivity contribution < 1.29 is 4.79 Å². The predicted octanol–water partition coefficient (Wildman–Crippen LogP) is 2.99. The number of rotatable bonds is 3. The van der Waals surface area contributed by atoms with E-state index < -0.39 is 0 Å². The number of carbonyl (C=O) groups is 1. The fourth-order valence-electron chi connectivity index (χ4n) is 3.52. The molecular formula is C20H19N5OS. The zero-order valence-corrected chi connectivity index (χ0v) is 15.6. The number of piperazine rings is 1. The van der Waals surface area contributed by atoms with Crippen molar-refractivity contribution in [1.29, 1.82) is 0 Å². The number of fused-ring (bicyclic) bond motifs is 2. The molecule has 2 aromatic heterocycles. The molecule has 1 aliphatic rings. The standard InChI is InChI=1S/C20H19N5OS/c26-19(14-25-17-7-3-1-5-15(17)13-21-25)23-9-11-24(12-10-23)20-22-16-6-2-4-8-18(16)27-20/h1-8,13H,9-12,14H2. The van der Waals surface area contributed by atoms with Crippen LogP contribution in [0.15, 0.2) is 54.7 Å². The molecule has 0 spiro atoms. The van der Waals surface area contributed by atoms with E-state index in [1.54, 1.807) is 16.0 Å². The van der Waals surface area contributed by atoms with Crippen LogP contribution in [0.2, 0.25) is 0 Å². The minimum Gasteiger partial charge on any atom is -0.345 e. The molecule has 1 aliphatic heterocycles. The summed E-state index contributed by atoms with van der Waals surface area (Å²) in [7, 11) is 0. The number of para-hydroxylation sites is 2. The maximum absolute atomic E-state index is 12.7. The summed E-state index contributed by atoms with van der Waals surface area (Å²) in [6.45, 7) is 3.34. The lowest BCUT2D eigenvalue weighted by Crippen LogP contribution is -2.49. The van der Waals surface area contributed by atoms with Crippen LogP contribution in [0, 0.1) is 0 Å². The highest BCUT2D eigenvalue weighted by atomic mass is 32.1. The van der Waals surface area contributed by atoms with E-state index >= 15 is 0 Å². The smallest absolute Gasteiger partial charge is 0.244 e. The Hall–Kier alpha value is -2.93. The van der Waals surface area contributed by atoms with Crippen LogP contribution in [-0.2, 0) is 11.3 Å². The van der Waals surface area contributed by atoms with Crippen LogP contribution in [-0.4, -0.2) is 51.8 Å². The first kappa shape index (κ1) is 16.3. The van der Waals surface area contributed by atoms with Crippen LogP contribution in [0.25, 0.3) is 21.1 Å². The van der Waals surface area contributed by atoms with Gasteiger partial charge in [-0.25, -0.2) is 4.98 Å². The van der Waals surface area contributed by atoms with Crippen LogP contribution in [0.5, 0.6) is 0 Å². The molecule has 0 aliphatic carbocycles. The molecule has 0 N–H and O–H groups in total. The molecule has 27 heavy (non-hydrogen) atoms. The van der Waals surface area contributed by atoms with Gasteiger partial charge in [-0.1, -0.05) is 41.7 Å². The highest BCUT2D eigenvalue weighted by Crippen LogP contribution is 2.29. The summed E-state index contributed by atoms with van der Waals surface area (Å²) in [5.74, 6) is 0.118. The molecule has 0 saturated carbocycles. The van der Waals surface area contributed by atoms with Gasteiger partial charge in [0, 0.05) is 31.6 Å². The van der Waals surface area contributed by atoms with E-state index in [0.29, 0.717) is 13.1 Å².